The van der Waals surface area contributed by atoms with Gasteiger partial charge in [0.1, 0.15) is 18.9 Å². The summed E-state index contributed by atoms with van der Waals surface area (Å²) in [5.74, 6) is 0.730. The molecule has 0 aliphatic carbocycles. The van der Waals surface area contributed by atoms with Crippen LogP contribution in [-0.4, -0.2) is 47.9 Å². The fourth-order valence-corrected chi connectivity index (χ4v) is 4.73. The first-order valence-corrected chi connectivity index (χ1v) is 12.7. The van der Waals surface area contributed by atoms with E-state index in [9.17, 15) is 13.2 Å². The topological polar surface area (TPSA) is 107 Å². The largest absolute Gasteiger partial charge is 0.493 e. The second kappa shape index (κ2) is 12.6. The predicted molar refractivity (Wildman–Crippen MR) is 143 cm³/mol. The number of sulfonamides is 1. The summed E-state index contributed by atoms with van der Waals surface area (Å²) in [6, 6.07) is 18.1. The zero-order chi connectivity index (χ0) is 26.8. The van der Waals surface area contributed by atoms with Crippen molar-refractivity contribution in [2.24, 2.45) is 5.10 Å². The Morgan fingerprint density at radius 2 is 1.76 bits per heavy atom. The first kappa shape index (κ1) is 27.3. The van der Waals surface area contributed by atoms with Gasteiger partial charge in [-0.05, 0) is 48.9 Å². The minimum absolute atomic E-state index is 0.0422. The van der Waals surface area contributed by atoms with E-state index >= 15 is 0 Å². The Hall–Kier alpha value is -4.31. The summed E-state index contributed by atoms with van der Waals surface area (Å²) in [6.07, 6.45) is 3.07. The van der Waals surface area contributed by atoms with E-state index in [-0.39, 0.29) is 10.6 Å². The van der Waals surface area contributed by atoms with Crippen LogP contribution in [0.5, 0.6) is 17.2 Å². The number of nitrogens with zero attached hydrogens (tertiary/aromatic N) is 2. The molecule has 3 aromatic carbocycles. The van der Waals surface area contributed by atoms with Crippen molar-refractivity contribution in [1.82, 2.24) is 5.43 Å². The fourth-order valence-electron chi connectivity index (χ4n) is 3.32. The van der Waals surface area contributed by atoms with Crippen LogP contribution < -0.4 is 23.9 Å². The second-order valence-electron chi connectivity index (χ2n) is 7.83. The van der Waals surface area contributed by atoms with Gasteiger partial charge in [0.25, 0.3) is 15.9 Å². The van der Waals surface area contributed by atoms with E-state index in [2.05, 4.69) is 17.1 Å². The Kier molecular flexibility index (Phi) is 9.28. The number of nitrogens with one attached hydrogen (secondary N) is 1. The summed E-state index contributed by atoms with van der Waals surface area (Å²) in [4.78, 5) is 12.9. The highest BCUT2D eigenvalue weighted by Gasteiger charge is 2.28. The Labute approximate surface area is 217 Å². The molecule has 194 valence electrons. The summed E-state index contributed by atoms with van der Waals surface area (Å²) in [5, 5.41) is 3.97. The molecule has 0 aliphatic rings. The van der Waals surface area contributed by atoms with Crippen molar-refractivity contribution in [3.05, 3.63) is 90.5 Å². The number of anilines is 1. The smallest absolute Gasteiger partial charge is 0.264 e. The van der Waals surface area contributed by atoms with Crippen LogP contribution in [0.2, 0.25) is 0 Å². The van der Waals surface area contributed by atoms with Crippen LogP contribution in [0.15, 0.2) is 89.4 Å². The van der Waals surface area contributed by atoms with Crippen molar-refractivity contribution in [1.29, 1.82) is 0 Å². The van der Waals surface area contributed by atoms with Crippen LogP contribution in [-0.2, 0) is 14.8 Å². The summed E-state index contributed by atoms with van der Waals surface area (Å²) < 4.78 is 44.2. The molecule has 1 N–H and O–H groups in total. The average molecular weight is 524 g/mol. The maximum absolute atomic E-state index is 13.6. The van der Waals surface area contributed by atoms with Gasteiger partial charge >= 0.3 is 0 Å². The monoisotopic (exact) mass is 523 g/mol. The third-order valence-electron chi connectivity index (χ3n) is 5.18. The zero-order valence-corrected chi connectivity index (χ0v) is 21.7. The molecule has 0 heterocycles. The van der Waals surface area contributed by atoms with Crippen molar-refractivity contribution < 1.29 is 27.4 Å². The van der Waals surface area contributed by atoms with Gasteiger partial charge in [0, 0.05) is 6.07 Å². The van der Waals surface area contributed by atoms with Gasteiger partial charge in [-0.2, -0.15) is 5.10 Å². The molecule has 10 heteroatoms. The number of hydrogen-bond acceptors (Lipinski definition) is 7. The number of hydrazone groups is 1. The van der Waals surface area contributed by atoms with Crippen molar-refractivity contribution in [3.63, 3.8) is 0 Å². The van der Waals surface area contributed by atoms with Crippen LogP contribution in [0.4, 0.5) is 5.69 Å². The standard InChI is InChI=1S/C27H29N3O6S/c1-5-15-36-23-8-6-7-21(16-23)18-28-29-27(31)19-30(22-11-14-25(34-3)26(17-22)35-4)37(32,33)24-12-9-20(2)10-13-24/h5-14,16-18H,1,15,19H2,2-4H3,(H,29,31). The van der Waals surface area contributed by atoms with E-state index in [1.54, 1.807) is 54.6 Å². The van der Waals surface area contributed by atoms with Crippen molar-refractivity contribution >= 4 is 27.8 Å². The third-order valence-corrected chi connectivity index (χ3v) is 6.97. The number of benzene rings is 3. The van der Waals surface area contributed by atoms with Crippen LogP contribution in [0.25, 0.3) is 0 Å². The second-order valence-corrected chi connectivity index (χ2v) is 9.69. The fraction of sp³-hybridized carbons (Fsp3) is 0.185. The van der Waals surface area contributed by atoms with Crippen LogP contribution in [0.1, 0.15) is 11.1 Å². The Bertz CT molecular complexity index is 1370. The van der Waals surface area contributed by atoms with Gasteiger partial charge in [-0.25, -0.2) is 13.8 Å². The lowest BCUT2D eigenvalue weighted by molar-refractivity contribution is -0.119. The van der Waals surface area contributed by atoms with Crippen LogP contribution >= 0.6 is 0 Å². The maximum atomic E-state index is 13.6. The van der Waals surface area contributed by atoms with E-state index in [1.165, 1.54) is 38.6 Å². The van der Waals surface area contributed by atoms with E-state index in [0.717, 1.165) is 9.87 Å². The highest BCUT2D eigenvalue weighted by atomic mass is 32.2. The van der Waals surface area contributed by atoms with Crippen molar-refractivity contribution in [3.8, 4) is 17.2 Å². The molecule has 37 heavy (non-hydrogen) atoms. The SMILES string of the molecule is C=CCOc1cccc(C=NNC(=O)CN(c2ccc(OC)c(OC)c2)S(=O)(=O)c2ccc(C)cc2)c1. The van der Waals surface area contributed by atoms with E-state index in [0.29, 0.717) is 29.4 Å². The van der Waals surface area contributed by atoms with Crippen molar-refractivity contribution in [2.75, 3.05) is 31.7 Å². The summed E-state index contributed by atoms with van der Waals surface area (Å²) >= 11 is 0. The van der Waals surface area contributed by atoms with Gasteiger partial charge in [-0.15, -0.1) is 0 Å². The normalized spacial score (nSPS) is 11.1. The Morgan fingerprint density at radius 1 is 1.03 bits per heavy atom. The lowest BCUT2D eigenvalue weighted by atomic mass is 10.2. The molecule has 0 bridgehead atoms. The molecule has 3 aromatic rings. The highest BCUT2D eigenvalue weighted by molar-refractivity contribution is 7.92. The molecule has 0 saturated heterocycles. The number of rotatable bonds is 12. The van der Waals surface area contributed by atoms with E-state index < -0.39 is 22.5 Å². The molecule has 0 radical (unpaired) electrons. The summed E-state index contributed by atoms with van der Waals surface area (Å²) in [6.45, 7) is 5.31. The highest BCUT2D eigenvalue weighted by Crippen LogP contribution is 2.33. The first-order valence-electron chi connectivity index (χ1n) is 11.3. The summed E-state index contributed by atoms with van der Waals surface area (Å²) in [5.41, 5.74) is 4.21. The van der Waals surface area contributed by atoms with Crippen LogP contribution in [0.3, 0.4) is 0 Å². The number of ether oxygens (including phenoxy) is 3. The van der Waals surface area contributed by atoms with E-state index in [1.807, 2.05) is 6.92 Å². The Balaban J connectivity index is 1.86. The van der Waals surface area contributed by atoms with Gasteiger partial charge in [0.2, 0.25) is 0 Å². The third kappa shape index (κ3) is 7.11. The number of amides is 1. The molecule has 9 nitrogen and oxygen atoms in total. The molecule has 1 amide bonds. The molecule has 0 spiro atoms. The quantitative estimate of drug-likeness (QED) is 0.219. The van der Waals surface area contributed by atoms with Gasteiger partial charge in [0.05, 0.1) is 31.0 Å². The van der Waals surface area contributed by atoms with Gasteiger partial charge < -0.3 is 14.2 Å². The molecule has 0 saturated carbocycles. The van der Waals surface area contributed by atoms with Gasteiger partial charge in [-0.1, -0.05) is 42.5 Å². The van der Waals surface area contributed by atoms with Gasteiger partial charge in [-0.3, -0.25) is 9.10 Å². The maximum Gasteiger partial charge on any atom is 0.264 e. The molecule has 0 fully saturated rings. The molecular formula is C27H29N3O6S. The van der Waals surface area contributed by atoms with Crippen molar-refractivity contribution in [2.45, 2.75) is 11.8 Å². The minimum Gasteiger partial charge on any atom is -0.493 e. The lowest BCUT2D eigenvalue weighted by Crippen LogP contribution is -2.39. The Morgan fingerprint density at radius 3 is 2.43 bits per heavy atom. The van der Waals surface area contributed by atoms with Crippen LogP contribution in [0, 0.1) is 6.92 Å². The molecule has 0 atom stereocenters. The van der Waals surface area contributed by atoms with E-state index in [4.69, 9.17) is 14.2 Å². The number of carbonyl (C=O) groups is 1. The minimum atomic E-state index is -4.10. The zero-order valence-electron chi connectivity index (χ0n) is 20.9. The number of aryl methyl sites for hydroxylation is 1. The number of hydrogen-bond donors (Lipinski definition) is 1. The molecule has 0 aromatic heterocycles. The average Bonchev–Trinajstić information content (AvgIpc) is 2.90. The molecular weight excluding hydrogens is 494 g/mol. The lowest BCUT2D eigenvalue weighted by Gasteiger charge is -2.24. The molecule has 3 rings (SSSR count). The van der Waals surface area contributed by atoms with Gasteiger partial charge in [0.15, 0.2) is 11.5 Å². The number of methoxy groups -OCH3 is 2. The predicted octanol–water partition coefficient (Wildman–Crippen LogP) is 3.92. The molecule has 0 aliphatic heterocycles. The number of carbonyl (C=O) groups excluding carboxylic acids is 1. The first-order chi connectivity index (χ1) is 17.8. The summed E-state index contributed by atoms with van der Waals surface area (Å²) in [7, 11) is -1.18. The molecule has 0 unspecified atom stereocenters.